The first kappa shape index (κ1) is 30.0. The minimum atomic E-state index is -1.06. The van der Waals surface area contributed by atoms with E-state index in [-0.39, 0.29) is 24.6 Å². The van der Waals surface area contributed by atoms with Crippen LogP contribution >= 0.6 is 0 Å². The first-order valence-electron chi connectivity index (χ1n) is 15.3. The number of hydrogen-bond acceptors (Lipinski definition) is 8. The van der Waals surface area contributed by atoms with E-state index in [2.05, 4.69) is 10.4 Å². The van der Waals surface area contributed by atoms with Gasteiger partial charge in [-0.3, -0.25) is 9.48 Å². The molecule has 0 spiro atoms. The quantitative estimate of drug-likeness (QED) is 0.279. The smallest absolute Gasteiger partial charge is 0.356 e. The first-order chi connectivity index (χ1) is 21.4. The molecular formula is C33H40N6O5. The lowest BCUT2D eigenvalue weighted by atomic mass is 9.80. The van der Waals surface area contributed by atoms with Gasteiger partial charge in [-0.15, -0.1) is 0 Å². The SMILES string of the molecule is COC[C@]1(O)CCCC[C@H]1n1cnc(C(=O)N2CCNC[C@H]2CCn2nc3ccccc3c2C(=O)OC)c1-c1ccccc1. The second-order valence-corrected chi connectivity index (χ2v) is 11.7. The van der Waals surface area contributed by atoms with Crippen molar-refractivity contribution < 1.29 is 24.2 Å². The highest BCUT2D eigenvalue weighted by Gasteiger charge is 2.42. The Balaban J connectivity index is 1.32. The Morgan fingerprint density at radius 1 is 1.09 bits per heavy atom. The van der Waals surface area contributed by atoms with E-state index >= 15 is 0 Å². The molecule has 1 saturated heterocycles. The van der Waals surface area contributed by atoms with Crippen molar-refractivity contribution in [3.63, 3.8) is 0 Å². The topological polar surface area (TPSA) is 124 Å². The van der Waals surface area contributed by atoms with Gasteiger partial charge < -0.3 is 29.4 Å². The van der Waals surface area contributed by atoms with Crippen molar-refractivity contribution >= 4 is 22.8 Å². The molecule has 0 unspecified atom stereocenters. The molecule has 2 N–H and O–H groups in total. The van der Waals surface area contributed by atoms with Crippen LogP contribution in [0.1, 0.15) is 59.1 Å². The number of methoxy groups -OCH3 is 2. The molecule has 11 heteroatoms. The third-order valence-electron chi connectivity index (χ3n) is 9.04. The number of imidazole rings is 1. The molecule has 0 bridgehead atoms. The number of ether oxygens (including phenoxy) is 2. The fourth-order valence-electron chi connectivity index (χ4n) is 6.90. The minimum Gasteiger partial charge on any atom is -0.464 e. The van der Waals surface area contributed by atoms with Crippen LogP contribution in [0.25, 0.3) is 22.2 Å². The molecular weight excluding hydrogens is 560 g/mol. The average Bonchev–Trinajstić information content (AvgIpc) is 3.66. The number of benzene rings is 2. The largest absolute Gasteiger partial charge is 0.464 e. The number of amides is 1. The summed E-state index contributed by atoms with van der Waals surface area (Å²) < 4.78 is 14.2. The summed E-state index contributed by atoms with van der Waals surface area (Å²) in [6.07, 6.45) is 5.57. The van der Waals surface area contributed by atoms with E-state index in [0.29, 0.717) is 56.1 Å². The molecule has 44 heavy (non-hydrogen) atoms. The predicted molar refractivity (Wildman–Crippen MR) is 165 cm³/mol. The Morgan fingerprint density at radius 2 is 1.89 bits per heavy atom. The van der Waals surface area contributed by atoms with Crippen LogP contribution in [0, 0.1) is 0 Å². The van der Waals surface area contributed by atoms with Crippen LogP contribution in [-0.2, 0) is 16.0 Å². The summed E-state index contributed by atoms with van der Waals surface area (Å²) >= 11 is 0. The van der Waals surface area contributed by atoms with Crippen LogP contribution in [0.5, 0.6) is 0 Å². The van der Waals surface area contributed by atoms with Crippen molar-refractivity contribution in [3.05, 3.63) is 72.3 Å². The summed E-state index contributed by atoms with van der Waals surface area (Å²) in [5.74, 6) is -0.596. The molecule has 1 amide bonds. The lowest BCUT2D eigenvalue weighted by Crippen LogP contribution is -2.54. The number of carbonyl (C=O) groups is 2. The molecule has 0 radical (unpaired) electrons. The summed E-state index contributed by atoms with van der Waals surface area (Å²) in [5, 5.41) is 20.5. The van der Waals surface area contributed by atoms with Crippen LogP contribution in [0.4, 0.5) is 0 Å². The van der Waals surface area contributed by atoms with E-state index in [9.17, 15) is 14.7 Å². The van der Waals surface area contributed by atoms with Gasteiger partial charge >= 0.3 is 5.97 Å². The summed E-state index contributed by atoms with van der Waals surface area (Å²) in [4.78, 5) is 33.7. The Labute approximate surface area is 256 Å². The second-order valence-electron chi connectivity index (χ2n) is 11.7. The van der Waals surface area contributed by atoms with Gasteiger partial charge in [-0.2, -0.15) is 5.10 Å². The van der Waals surface area contributed by atoms with E-state index in [1.807, 2.05) is 64.1 Å². The molecule has 11 nitrogen and oxygen atoms in total. The Hall–Kier alpha value is -4.06. The molecule has 232 valence electrons. The van der Waals surface area contributed by atoms with Crippen molar-refractivity contribution in [1.29, 1.82) is 0 Å². The summed E-state index contributed by atoms with van der Waals surface area (Å²) in [7, 11) is 2.97. The third kappa shape index (κ3) is 5.62. The maximum atomic E-state index is 14.4. The van der Waals surface area contributed by atoms with E-state index < -0.39 is 11.6 Å². The molecule has 3 atom stereocenters. The highest BCUT2D eigenvalue weighted by molar-refractivity contribution is 6.02. The van der Waals surface area contributed by atoms with Crippen molar-refractivity contribution in [3.8, 4) is 11.3 Å². The van der Waals surface area contributed by atoms with Crippen LogP contribution in [0.15, 0.2) is 60.9 Å². The van der Waals surface area contributed by atoms with Gasteiger partial charge in [-0.05, 0) is 25.3 Å². The van der Waals surface area contributed by atoms with Crippen molar-refractivity contribution in [2.45, 2.75) is 56.3 Å². The highest BCUT2D eigenvalue weighted by atomic mass is 16.5. The zero-order valence-corrected chi connectivity index (χ0v) is 25.3. The van der Waals surface area contributed by atoms with E-state index in [0.717, 1.165) is 35.7 Å². The maximum absolute atomic E-state index is 14.4. The molecule has 4 aromatic rings. The summed E-state index contributed by atoms with van der Waals surface area (Å²) in [6, 6.07) is 16.9. The molecule has 3 heterocycles. The number of piperazine rings is 1. The van der Waals surface area contributed by atoms with Crippen LogP contribution in [0.3, 0.4) is 0 Å². The molecule has 2 aromatic carbocycles. The Morgan fingerprint density at radius 3 is 2.68 bits per heavy atom. The van der Waals surface area contributed by atoms with E-state index in [1.54, 1.807) is 18.1 Å². The summed E-state index contributed by atoms with van der Waals surface area (Å²) in [5.41, 5.74) is 2.02. The molecule has 2 aliphatic rings. The Kier molecular flexibility index (Phi) is 8.79. The van der Waals surface area contributed by atoms with E-state index in [4.69, 9.17) is 14.5 Å². The zero-order valence-electron chi connectivity index (χ0n) is 25.3. The molecule has 2 fully saturated rings. The lowest BCUT2D eigenvalue weighted by molar-refractivity contribution is -0.0893. The van der Waals surface area contributed by atoms with Gasteiger partial charge in [-0.25, -0.2) is 9.78 Å². The monoisotopic (exact) mass is 600 g/mol. The first-order valence-corrected chi connectivity index (χ1v) is 15.3. The standard InChI is InChI=1S/C33H40N6O5/c1-43-21-33(42)16-9-8-14-27(33)38-22-35-28(29(38)23-10-4-3-5-11-23)31(40)37-19-17-34-20-24(37)15-18-39-30(32(41)44-2)25-12-6-7-13-26(25)36-39/h3-7,10-13,22,24,27,34,42H,8-9,14-21H2,1-2H3/t24-,27-,33-/m1/s1. The third-order valence-corrected chi connectivity index (χ3v) is 9.04. The summed E-state index contributed by atoms with van der Waals surface area (Å²) in [6.45, 7) is 2.44. The molecule has 1 aliphatic carbocycles. The zero-order chi connectivity index (χ0) is 30.7. The predicted octanol–water partition coefficient (Wildman–Crippen LogP) is 3.68. The number of hydrogen-bond donors (Lipinski definition) is 2. The number of nitrogens with zero attached hydrogens (tertiary/aromatic N) is 5. The number of aliphatic hydroxyl groups is 1. The maximum Gasteiger partial charge on any atom is 0.356 e. The molecule has 1 aliphatic heterocycles. The number of carbonyl (C=O) groups excluding carboxylic acids is 2. The van der Waals surface area contributed by atoms with Gasteiger partial charge in [0.1, 0.15) is 5.60 Å². The van der Waals surface area contributed by atoms with Gasteiger partial charge in [0.25, 0.3) is 5.91 Å². The van der Waals surface area contributed by atoms with Crippen LogP contribution in [0.2, 0.25) is 0 Å². The average molecular weight is 601 g/mol. The Bertz CT molecular complexity index is 1610. The van der Waals surface area contributed by atoms with Gasteiger partial charge in [0.2, 0.25) is 0 Å². The van der Waals surface area contributed by atoms with Gasteiger partial charge in [0.05, 0.1) is 37.3 Å². The number of esters is 1. The number of nitrogens with one attached hydrogen (secondary N) is 1. The lowest BCUT2D eigenvalue weighted by Gasteiger charge is -2.41. The molecule has 1 saturated carbocycles. The molecule has 6 rings (SSSR count). The number of fused-ring (bicyclic) bond motifs is 1. The van der Waals surface area contributed by atoms with Crippen LogP contribution < -0.4 is 5.32 Å². The second kappa shape index (κ2) is 12.9. The molecule has 2 aromatic heterocycles. The van der Waals surface area contributed by atoms with Crippen LogP contribution in [-0.4, -0.2) is 93.3 Å². The van der Waals surface area contributed by atoms with Crippen molar-refractivity contribution in [1.82, 2.24) is 29.5 Å². The minimum absolute atomic E-state index is 0.150. The van der Waals surface area contributed by atoms with E-state index in [1.165, 1.54) is 7.11 Å². The number of aryl methyl sites for hydroxylation is 1. The van der Waals surface area contributed by atoms with Gasteiger partial charge in [-0.1, -0.05) is 61.4 Å². The van der Waals surface area contributed by atoms with Crippen molar-refractivity contribution in [2.24, 2.45) is 0 Å². The fraction of sp³-hybridized carbons (Fsp3) is 0.455. The van der Waals surface area contributed by atoms with Gasteiger partial charge in [0.15, 0.2) is 11.4 Å². The normalized spacial score (nSPS) is 22.3. The fourth-order valence-corrected chi connectivity index (χ4v) is 6.90. The number of rotatable bonds is 9. The number of aromatic nitrogens is 4. The highest BCUT2D eigenvalue weighted by Crippen LogP contribution is 2.41. The van der Waals surface area contributed by atoms with Crippen molar-refractivity contribution in [2.75, 3.05) is 40.5 Å². The van der Waals surface area contributed by atoms with Gasteiger partial charge in [0, 0.05) is 50.3 Å².